The van der Waals surface area contributed by atoms with Gasteiger partial charge in [-0.2, -0.15) is 0 Å². The number of carbonyl (C=O) groups is 1. The number of hydrogen-bond donors (Lipinski definition) is 0. The Balaban J connectivity index is 4.20. The molecule has 0 aliphatic heterocycles. The minimum atomic E-state index is 0.143. The maximum absolute atomic E-state index is 11.6. The lowest BCUT2D eigenvalue weighted by atomic mass is 10.2. The fourth-order valence-corrected chi connectivity index (χ4v) is 2.05. The van der Waals surface area contributed by atoms with Gasteiger partial charge in [0.25, 0.3) is 5.24 Å². The number of nitrogens with zero attached hydrogens (tertiary/aromatic N) is 1. The fourth-order valence-electron chi connectivity index (χ4n) is 1.22. The summed E-state index contributed by atoms with van der Waals surface area (Å²) in [5.41, 5.74) is 0. The molecular weight excluding hydrogens is 182 g/mol. The van der Waals surface area contributed by atoms with E-state index < -0.39 is 0 Å². The predicted molar refractivity (Wildman–Crippen MR) is 60.2 cm³/mol. The minimum Gasteiger partial charge on any atom is -0.329 e. The summed E-state index contributed by atoms with van der Waals surface area (Å²) in [7, 11) is 0. The van der Waals surface area contributed by atoms with E-state index in [0.717, 1.165) is 0 Å². The van der Waals surface area contributed by atoms with Crippen molar-refractivity contribution < 1.29 is 4.79 Å². The Bertz CT molecular complexity index is 170. The smallest absolute Gasteiger partial charge is 0.282 e. The second kappa shape index (κ2) is 6.08. The molecule has 0 spiro atoms. The van der Waals surface area contributed by atoms with Gasteiger partial charge in [0, 0.05) is 17.8 Å². The molecule has 3 heteroatoms. The lowest BCUT2D eigenvalue weighted by molar-refractivity contribution is 0.190. The summed E-state index contributed by atoms with van der Waals surface area (Å²) in [5, 5.41) is 0.143. The van der Waals surface area contributed by atoms with Crippen molar-refractivity contribution >= 4 is 17.0 Å². The van der Waals surface area contributed by atoms with E-state index in [1.54, 1.807) is 6.08 Å². The van der Waals surface area contributed by atoms with Gasteiger partial charge in [0.1, 0.15) is 0 Å². The zero-order valence-electron chi connectivity index (χ0n) is 8.91. The van der Waals surface area contributed by atoms with Gasteiger partial charge in [0.2, 0.25) is 0 Å². The van der Waals surface area contributed by atoms with Crippen molar-refractivity contribution in [1.29, 1.82) is 0 Å². The van der Waals surface area contributed by atoms with Crippen LogP contribution in [-0.4, -0.2) is 28.0 Å². The van der Waals surface area contributed by atoms with Crippen LogP contribution in [0, 0.1) is 0 Å². The van der Waals surface area contributed by atoms with Crippen molar-refractivity contribution in [2.75, 3.05) is 5.75 Å². The van der Waals surface area contributed by atoms with Crippen molar-refractivity contribution in [1.82, 2.24) is 4.90 Å². The number of thioether (sulfide) groups is 1. The topological polar surface area (TPSA) is 20.3 Å². The van der Waals surface area contributed by atoms with Gasteiger partial charge in [0.05, 0.1) is 0 Å². The lowest BCUT2D eigenvalue weighted by Crippen LogP contribution is -2.39. The van der Waals surface area contributed by atoms with Crippen molar-refractivity contribution in [3.63, 3.8) is 0 Å². The van der Waals surface area contributed by atoms with Gasteiger partial charge in [-0.25, -0.2) is 0 Å². The predicted octanol–water partition coefficient (Wildman–Crippen LogP) is 3.14. The zero-order chi connectivity index (χ0) is 10.4. The molecule has 0 saturated carbocycles. The molecule has 0 aromatic heterocycles. The van der Waals surface area contributed by atoms with E-state index in [4.69, 9.17) is 0 Å². The van der Waals surface area contributed by atoms with Crippen LogP contribution in [0.2, 0.25) is 0 Å². The highest BCUT2D eigenvalue weighted by atomic mass is 32.2. The summed E-state index contributed by atoms with van der Waals surface area (Å²) < 4.78 is 0. The number of amides is 1. The third kappa shape index (κ3) is 4.36. The summed E-state index contributed by atoms with van der Waals surface area (Å²) in [6.07, 6.45) is 1.75. The molecule has 0 N–H and O–H groups in total. The van der Waals surface area contributed by atoms with Crippen LogP contribution in [0.5, 0.6) is 0 Å². The third-order valence-electron chi connectivity index (χ3n) is 1.65. The van der Waals surface area contributed by atoms with E-state index in [0.29, 0.717) is 5.75 Å². The summed E-state index contributed by atoms with van der Waals surface area (Å²) in [4.78, 5) is 13.5. The van der Waals surface area contributed by atoms with E-state index >= 15 is 0 Å². The Morgan fingerprint density at radius 2 is 1.85 bits per heavy atom. The lowest BCUT2D eigenvalue weighted by Gasteiger charge is -2.30. The second-order valence-corrected chi connectivity index (χ2v) is 4.43. The number of hydrogen-bond acceptors (Lipinski definition) is 2. The van der Waals surface area contributed by atoms with Gasteiger partial charge in [-0.1, -0.05) is 17.8 Å². The standard InChI is InChI=1S/C10H19NOS/c1-6-7-13-10(12)11(8(2)3)9(4)5/h6,8-9H,1,7H2,2-5H3. The Kier molecular flexibility index (Phi) is 5.88. The number of carbonyl (C=O) groups excluding carboxylic acids is 1. The zero-order valence-corrected chi connectivity index (χ0v) is 9.73. The molecule has 2 nitrogen and oxygen atoms in total. The molecule has 0 bridgehead atoms. The monoisotopic (exact) mass is 201 g/mol. The van der Waals surface area contributed by atoms with Gasteiger partial charge in [-0.3, -0.25) is 4.79 Å². The third-order valence-corrected chi connectivity index (χ3v) is 2.51. The van der Waals surface area contributed by atoms with Crippen LogP contribution >= 0.6 is 11.8 Å². The van der Waals surface area contributed by atoms with Crippen molar-refractivity contribution in [2.45, 2.75) is 39.8 Å². The first kappa shape index (κ1) is 12.6. The highest BCUT2D eigenvalue weighted by Crippen LogP contribution is 2.15. The van der Waals surface area contributed by atoms with E-state index in [1.165, 1.54) is 11.8 Å². The van der Waals surface area contributed by atoms with E-state index in [1.807, 2.05) is 32.6 Å². The summed E-state index contributed by atoms with van der Waals surface area (Å²) in [6, 6.07) is 0.537. The maximum Gasteiger partial charge on any atom is 0.282 e. The Morgan fingerprint density at radius 1 is 1.38 bits per heavy atom. The second-order valence-electron chi connectivity index (χ2n) is 3.46. The number of rotatable bonds is 4. The minimum absolute atomic E-state index is 0.143. The van der Waals surface area contributed by atoms with Crippen LogP contribution in [-0.2, 0) is 0 Å². The Morgan fingerprint density at radius 3 is 2.15 bits per heavy atom. The van der Waals surface area contributed by atoms with E-state index in [2.05, 4.69) is 6.58 Å². The molecule has 76 valence electrons. The molecule has 0 radical (unpaired) electrons. The van der Waals surface area contributed by atoms with Crippen LogP contribution < -0.4 is 0 Å². The van der Waals surface area contributed by atoms with Crippen LogP contribution in [0.1, 0.15) is 27.7 Å². The molecule has 0 unspecified atom stereocenters. The highest BCUT2D eigenvalue weighted by Gasteiger charge is 2.19. The van der Waals surface area contributed by atoms with Gasteiger partial charge >= 0.3 is 0 Å². The Hall–Kier alpha value is -0.440. The molecule has 0 aliphatic carbocycles. The fraction of sp³-hybridized carbons (Fsp3) is 0.700. The molecular formula is C10H19NOS. The van der Waals surface area contributed by atoms with Crippen LogP contribution in [0.3, 0.4) is 0 Å². The van der Waals surface area contributed by atoms with Crippen LogP contribution in [0.25, 0.3) is 0 Å². The van der Waals surface area contributed by atoms with Crippen LogP contribution in [0.15, 0.2) is 12.7 Å². The first-order valence-corrected chi connectivity index (χ1v) is 5.55. The summed E-state index contributed by atoms with van der Waals surface area (Å²) >= 11 is 1.31. The summed E-state index contributed by atoms with van der Waals surface area (Å²) in [5.74, 6) is 0.689. The average Bonchev–Trinajstić information content (AvgIpc) is 1.99. The molecule has 0 rings (SSSR count). The largest absolute Gasteiger partial charge is 0.329 e. The maximum atomic E-state index is 11.6. The van der Waals surface area contributed by atoms with Crippen molar-refractivity contribution in [3.05, 3.63) is 12.7 Å². The van der Waals surface area contributed by atoms with Crippen molar-refractivity contribution in [2.24, 2.45) is 0 Å². The molecule has 0 atom stereocenters. The van der Waals surface area contributed by atoms with Crippen molar-refractivity contribution in [3.8, 4) is 0 Å². The average molecular weight is 201 g/mol. The van der Waals surface area contributed by atoms with Gasteiger partial charge in [0.15, 0.2) is 0 Å². The van der Waals surface area contributed by atoms with Gasteiger partial charge in [-0.05, 0) is 27.7 Å². The molecule has 0 aromatic rings. The molecule has 0 aromatic carbocycles. The molecule has 1 amide bonds. The molecule has 0 heterocycles. The summed E-state index contributed by atoms with van der Waals surface area (Å²) in [6.45, 7) is 11.7. The molecule has 0 fully saturated rings. The van der Waals surface area contributed by atoms with Gasteiger partial charge in [-0.15, -0.1) is 6.58 Å². The Labute approximate surface area is 85.4 Å². The first-order valence-electron chi connectivity index (χ1n) is 4.56. The highest BCUT2D eigenvalue weighted by molar-refractivity contribution is 8.13. The normalized spacial score (nSPS) is 10.6. The molecule has 13 heavy (non-hydrogen) atoms. The van der Waals surface area contributed by atoms with E-state index in [-0.39, 0.29) is 17.3 Å². The van der Waals surface area contributed by atoms with E-state index in [9.17, 15) is 4.79 Å². The van der Waals surface area contributed by atoms with Gasteiger partial charge < -0.3 is 4.90 Å². The molecule has 0 aliphatic rings. The quantitative estimate of drug-likeness (QED) is 0.651. The SMILES string of the molecule is C=CCSC(=O)N(C(C)C)C(C)C. The van der Waals surface area contributed by atoms with Crippen LogP contribution in [0.4, 0.5) is 4.79 Å². The first-order chi connectivity index (χ1) is 6.00. The molecule has 0 saturated heterocycles.